The molecule has 4 aromatic rings. The number of nitrogens with one attached hydrogen (secondary N) is 2. The highest BCUT2D eigenvalue weighted by Gasteiger charge is 2.10. The lowest BCUT2D eigenvalue weighted by molar-refractivity contribution is 0.806. The quantitative estimate of drug-likeness (QED) is 0.605. The zero-order valence-electron chi connectivity index (χ0n) is 13.0. The zero-order valence-corrected chi connectivity index (χ0v) is 13.0. The van der Waals surface area contributed by atoms with E-state index in [4.69, 9.17) is 0 Å². The Labute approximate surface area is 132 Å². The van der Waals surface area contributed by atoms with Crippen molar-refractivity contribution in [2.75, 3.05) is 5.32 Å². The molecule has 0 spiro atoms. The van der Waals surface area contributed by atoms with Gasteiger partial charge in [-0.25, -0.2) is 9.97 Å². The third-order valence-electron chi connectivity index (χ3n) is 3.82. The molecule has 7 heteroatoms. The van der Waals surface area contributed by atoms with Gasteiger partial charge in [0, 0.05) is 12.6 Å². The summed E-state index contributed by atoms with van der Waals surface area (Å²) < 4.78 is 1.72. The number of hydrogen-bond acceptors (Lipinski definition) is 5. The van der Waals surface area contributed by atoms with Crippen molar-refractivity contribution in [3.63, 3.8) is 0 Å². The smallest absolute Gasteiger partial charge is 0.254 e. The highest BCUT2D eigenvalue weighted by Crippen LogP contribution is 2.19. The molecule has 3 aromatic heterocycles. The van der Waals surface area contributed by atoms with Gasteiger partial charge in [0.05, 0.1) is 23.1 Å². The normalized spacial score (nSPS) is 11.6. The summed E-state index contributed by atoms with van der Waals surface area (Å²) in [5.41, 5.74) is 4.17. The van der Waals surface area contributed by atoms with Crippen molar-refractivity contribution in [1.82, 2.24) is 29.5 Å². The fourth-order valence-corrected chi connectivity index (χ4v) is 2.54. The lowest BCUT2D eigenvalue weighted by Gasteiger charge is -2.11. The fraction of sp³-hybridized carbons (Fsp3) is 0.250. The molecule has 3 heterocycles. The minimum atomic E-state index is 0.332. The first-order valence-electron chi connectivity index (χ1n) is 7.57. The SMILES string of the molecule is CC(C)c1cc(NCc2ccc3nc[nH]c3c2)n2ncnc2n1. The summed E-state index contributed by atoms with van der Waals surface area (Å²) in [6, 6.07) is 8.21. The number of nitrogens with zero attached hydrogens (tertiary/aromatic N) is 5. The molecule has 0 bridgehead atoms. The first-order valence-corrected chi connectivity index (χ1v) is 7.57. The van der Waals surface area contributed by atoms with Crippen LogP contribution in [0.15, 0.2) is 36.9 Å². The molecule has 0 aliphatic rings. The van der Waals surface area contributed by atoms with Gasteiger partial charge in [-0.2, -0.15) is 14.6 Å². The first kappa shape index (κ1) is 13.7. The van der Waals surface area contributed by atoms with Crippen molar-refractivity contribution in [3.8, 4) is 0 Å². The van der Waals surface area contributed by atoms with Crippen molar-refractivity contribution < 1.29 is 0 Å². The van der Waals surface area contributed by atoms with Crippen molar-refractivity contribution in [3.05, 3.63) is 48.2 Å². The Morgan fingerprint density at radius 2 is 2.13 bits per heavy atom. The highest BCUT2D eigenvalue weighted by atomic mass is 15.3. The van der Waals surface area contributed by atoms with Crippen LogP contribution in [0.4, 0.5) is 5.82 Å². The van der Waals surface area contributed by atoms with E-state index >= 15 is 0 Å². The number of aromatic amines is 1. The topological polar surface area (TPSA) is 83.8 Å². The van der Waals surface area contributed by atoms with Gasteiger partial charge in [-0.1, -0.05) is 19.9 Å². The van der Waals surface area contributed by atoms with Crippen molar-refractivity contribution >= 4 is 22.6 Å². The van der Waals surface area contributed by atoms with Crippen LogP contribution in [0.1, 0.15) is 31.0 Å². The number of hydrogen-bond donors (Lipinski definition) is 2. The molecule has 0 amide bonds. The molecular weight excluding hydrogens is 290 g/mol. The second kappa shape index (κ2) is 5.35. The van der Waals surface area contributed by atoms with Gasteiger partial charge in [-0.05, 0) is 23.6 Å². The molecule has 0 radical (unpaired) electrons. The summed E-state index contributed by atoms with van der Waals surface area (Å²) >= 11 is 0. The van der Waals surface area contributed by atoms with Gasteiger partial charge in [0.2, 0.25) is 0 Å². The van der Waals surface area contributed by atoms with Gasteiger partial charge in [-0.3, -0.25) is 0 Å². The molecule has 0 fully saturated rings. The van der Waals surface area contributed by atoms with Crippen molar-refractivity contribution in [2.45, 2.75) is 26.3 Å². The van der Waals surface area contributed by atoms with E-state index in [1.165, 1.54) is 6.33 Å². The van der Waals surface area contributed by atoms with Crippen LogP contribution in [-0.2, 0) is 6.54 Å². The Balaban J connectivity index is 1.65. The van der Waals surface area contributed by atoms with Crippen LogP contribution in [0.25, 0.3) is 16.8 Å². The number of fused-ring (bicyclic) bond motifs is 2. The molecule has 116 valence electrons. The minimum absolute atomic E-state index is 0.332. The van der Waals surface area contributed by atoms with E-state index in [1.54, 1.807) is 10.8 Å². The van der Waals surface area contributed by atoms with Crippen LogP contribution in [0.3, 0.4) is 0 Å². The summed E-state index contributed by atoms with van der Waals surface area (Å²) in [4.78, 5) is 16.1. The molecule has 0 atom stereocenters. The Bertz CT molecular complexity index is 967. The third kappa shape index (κ3) is 2.50. The summed E-state index contributed by atoms with van der Waals surface area (Å²) in [7, 11) is 0. The molecule has 4 rings (SSSR count). The molecule has 23 heavy (non-hydrogen) atoms. The van der Waals surface area contributed by atoms with E-state index in [0.29, 0.717) is 18.2 Å². The highest BCUT2D eigenvalue weighted by molar-refractivity contribution is 5.75. The summed E-state index contributed by atoms with van der Waals surface area (Å²) in [5, 5.41) is 7.67. The lowest BCUT2D eigenvalue weighted by Crippen LogP contribution is -2.08. The molecule has 2 N–H and O–H groups in total. The van der Waals surface area contributed by atoms with Gasteiger partial charge < -0.3 is 10.3 Å². The molecule has 1 aromatic carbocycles. The van der Waals surface area contributed by atoms with E-state index in [0.717, 1.165) is 28.1 Å². The van der Waals surface area contributed by atoms with E-state index in [1.807, 2.05) is 12.1 Å². The van der Waals surface area contributed by atoms with Crippen LogP contribution in [0, 0.1) is 0 Å². The maximum Gasteiger partial charge on any atom is 0.254 e. The van der Waals surface area contributed by atoms with Crippen LogP contribution in [0.2, 0.25) is 0 Å². The molecule has 7 nitrogen and oxygen atoms in total. The second-order valence-corrected chi connectivity index (χ2v) is 5.80. The van der Waals surface area contributed by atoms with Crippen LogP contribution < -0.4 is 5.32 Å². The van der Waals surface area contributed by atoms with Crippen LogP contribution in [-0.4, -0.2) is 29.5 Å². The molecule has 0 saturated heterocycles. The molecular formula is C16H17N7. The number of benzene rings is 1. The Hall–Kier alpha value is -2.96. The number of imidazole rings is 1. The average Bonchev–Trinajstić information content (AvgIpc) is 3.20. The predicted molar refractivity (Wildman–Crippen MR) is 88.3 cm³/mol. The standard InChI is InChI=1S/C16H17N7/c1-10(2)13-6-15(23-16(22-13)20-9-21-23)17-7-11-3-4-12-14(5-11)19-8-18-12/h3-6,8-10,17H,7H2,1-2H3,(H,18,19). The average molecular weight is 307 g/mol. The molecule has 0 saturated carbocycles. The van der Waals surface area contributed by atoms with Gasteiger partial charge in [0.1, 0.15) is 12.1 Å². The largest absolute Gasteiger partial charge is 0.366 e. The molecule has 0 aliphatic heterocycles. The maximum absolute atomic E-state index is 4.52. The Morgan fingerprint density at radius 1 is 1.22 bits per heavy atom. The zero-order chi connectivity index (χ0) is 15.8. The number of rotatable bonds is 4. The first-order chi connectivity index (χ1) is 11.2. The van der Waals surface area contributed by atoms with E-state index in [2.05, 4.69) is 56.3 Å². The number of aromatic nitrogens is 6. The van der Waals surface area contributed by atoms with Gasteiger partial charge >= 0.3 is 0 Å². The predicted octanol–water partition coefficient (Wildman–Crippen LogP) is 2.74. The fourth-order valence-electron chi connectivity index (χ4n) is 2.54. The summed E-state index contributed by atoms with van der Waals surface area (Å²) in [5.74, 6) is 1.84. The minimum Gasteiger partial charge on any atom is -0.366 e. The van der Waals surface area contributed by atoms with E-state index in [-0.39, 0.29) is 0 Å². The monoisotopic (exact) mass is 307 g/mol. The molecule has 0 unspecified atom stereocenters. The Kier molecular flexibility index (Phi) is 3.18. The van der Waals surface area contributed by atoms with Crippen molar-refractivity contribution in [2.24, 2.45) is 0 Å². The van der Waals surface area contributed by atoms with Crippen molar-refractivity contribution in [1.29, 1.82) is 0 Å². The van der Waals surface area contributed by atoms with Crippen LogP contribution >= 0.6 is 0 Å². The van der Waals surface area contributed by atoms with Crippen LogP contribution in [0.5, 0.6) is 0 Å². The summed E-state index contributed by atoms with van der Waals surface area (Å²) in [6.45, 7) is 4.92. The van der Waals surface area contributed by atoms with Gasteiger partial charge in [0.15, 0.2) is 0 Å². The third-order valence-corrected chi connectivity index (χ3v) is 3.82. The van der Waals surface area contributed by atoms with Gasteiger partial charge in [0.25, 0.3) is 5.78 Å². The van der Waals surface area contributed by atoms with E-state index in [9.17, 15) is 0 Å². The van der Waals surface area contributed by atoms with Gasteiger partial charge in [-0.15, -0.1) is 0 Å². The maximum atomic E-state index is 4.52. The Morgan fingerprint density at radius 3 is 3.00 bits per heavy atom. The number of anilines is 1. The molecule has 0 aliphatic carbocycles. The summed E-state index contributed by atoms with van der Waals surface area (Å²) in [6.07, 6.45) is 3.23. The lowest BCUT2D eigenvalue weighted by atomic mass is 10.1. The second-order valence-electron chi connectivity index (χ2n) is 5.80. The van der Waals surface area contributed by atoms with E-state index < -0.39 is 0 Å². The number of H-pyrrole nitrogens is 1.